The number of methoxy groups -OCH3 is 1. The number of hydrogen-bond donors (Lipinski definition) is 2. The quantitative estimate of drug-likeness (QED) is 0.182. The third kappa shape index (κ3) is 8.73. The summed E-state index contributed by atoms with van der Waals surface area (Å²) in [4.78, 5) is 54.8. The van der Waals surface area contributed by atoms with Crippen LogP contribution in [0.2, 0.25) is 0 Å². The van der Waals surface area contributed by atoms with Crippen LogP contribution in [0, 0.1) is 5.92 Å². The Kier molecular flexibility index (Phi) is 11.0. The Bertz CT molecular complexity index is 2290. The maximum Gasteiger partial charge on any atom is 0.411 e. The van der Waals surface area contributed by atoms with Gasteiger partial charge in [-0.2, -0.15) is 0 Å². The van der Waals surface area contributed by atoms with Crippen molar-refractivity contribution in [3.63, 3.8) is 0 Å². The van der Waals surface area contributed by atoms with Crippen molar-refractivity contribution in [2.45, 2.75) is 88.9 Å². The summed E-state index contributed by atoms with van der Waals surface area (Å²) in [6.07, 6.45) is 5.01. The minimum atomic E-state index is -3.01. The first-order valence-corrected chi connectivity index (χ1v) is 20.3. The van der Waals surface area contributed by atoms with Gasteiger partial charge < -0.3 is 29.4 Å². The van der Waals surface area contributed by atoms with Crippen LogP contribution < -0.4 is 5.32 Å². The molecule has 3 saturated heterocycles. The molecule has 2 N–H and O–H groups in total. The number of alkyl halides is 2. The van der Waals surface area contributed by atoms with Gasteiger partial charge in [0.1, 0.15) is 17.5 Å². The van der Waals surface area contributed by atoms with Crippen LogP contribution in [0.3, 0.4) is 0 Å². The number of H-pyrrole nitrogens is 1. The number of nitrogens with zero attached hydrogens (tertiary/aromatic N) is 4. The van der Waals surface area contributed by atoms with E-state index in [1.54, 1.807) is 27.0 Å². The highest BCUT2D eigenvalue weighted by atomic mass is 19.3. The number of carbonyl (C=O) groups excluding carboxylic acids is 3. The van der Waals surface area contributed by atoms with Crippen molar-refractivity contribution in [1.82, 2.24) is 25.1 Å². The maximum absolute atomic E-state index is 14.6. The second-order valence-corrected chi connectivity index (χ2v) is 16.9. The molecule has 4 aliphatic heterocycles. The molecule has 0 aliphatic carbocycles. The van der Waals surface area contributed by atoms with Gasteiger partial charge in [0.15, 0.2) is 0 Å². The predicted molar refractivity (Wildman–Crippen MR) is 220 cm³/mol. The van der Waals surface area contributed by atoms with Crippen LogP contribution in [0.1, 0.15) is 76.7 Å². The first-order valence-electron chi connectivity index (χ1n) is 20.3. The number of amides is 3. The van der Waals surface area contributed by atoms with E-state index in [2.05, 4.69) is 51.7 Å². The lowest BCUT2D eigenvalue weighted by Gasteiger charge is -2.34. The highest BCUT2D eigenvalue weighted by Gasteiger charge is 2.50. The van der Waals surface area contributed by atoms with Crippen molar-refractivity contribution in [3.05, 3.63) is 84.4 Å². The van der Waals surface area contributed by atoms with Gasteiger partial charge in [0.05, 0.1) is 37.6 Å². The molecule has 59 heavy (non-hydrogen) atoms. The fourth-order valence-corrected chi connectivity index (χ4v) is 8.69. The average Bonchev–Trinajstić information content (AvgIpc) is 4.05. The number of rotatable bonds is 8. The van der Waals surface area contributed by atoms with Crippen molar-refractivity contribution < 1.29 is 37.4 Å². The monoisotopic (exact) mass is 808 g/mol. The molecular formula is C45H50F2N6O6. The molecule has 0 saturated carbocycles. The van der Waals surface area contributed by atoms with Gasteiger partial charge in [-0.15, -0.1) is 0 Å². The molecule has 0 spiro atoms. The second-order valence-electron chi connectivity index (χ2n) is 16.9. The van der Waals surface area contributed by atoms with Crippen molar-refractivity contribution in [3.8, 4) is 22.4 Å². The molecule has 1 aromatic heterocycles. The summed E-state index contributed by atoms with van der Waals surface area (Å²) in [5.74, 6) is -2.46. The van der Waals surface area contributed by atoms with E-state index in [0.717, 1.165) is 62.0 Å². The minimum Gasteiger partial charge on any atom is -0.453 e. The zero-order chi connectivity index (χ0) is 41.5. The van der Waals surface area contributed by atoms with Gasteiger partial charge in [-0.05, 0) is 97.5 Å². The summed E-state index contributed by atoms with van der Waals surface area (Å²) in [5, 5.41) is 4.93. The molecule has 0 bridgehead atoms. The van der Waals surface area contributed by atoms with Gasteiger partial charge in [0, 0.05) is 50.1 Å². The lowest BCUT2D eigenvalue weighted by Crippen LogP contribution is -2.53. The fraction of sp³-hybridized carbons (Fsp3) is 0.444. The molecule has 4 aromatic rings. The van der Waals surface area contributed by atoms with Crippen molar-refractivity contribution >= 4 is 40.2 Å². The van der Waals surface area contributed by atoms with Crippen LogP contribution >= 0.6 is 0 Å². The molecule has 0 radical (unpaired) electrons. The van der Waals surface area contributed by atoms with Crippen LogP contribution in [0.4, 0.5) is 18.4 Å². The first kappa shape index (κ1) is 40.2. The van der Waals surface area contributed by atoms with E-state index >= 15 is 0 Å². The number of nitrogens with one attached hydrogen (secondary N) is 2. The van der Waals surface area contributed by atoms with E-state index in [0.29, 0.717) is 50.6 Å². The number of fused-ring (bicyclic) bond motifs is 1. The molecule has 3 fully saturated rings. The predicted octanol–water partition coefficient (Wildman–Crippen LogP) is 8.54. The van der Waals surface area contributed by atoms with Crippen LogP contribution in [0.25, 0.3) is 38.7 Å². The number of hydrogen-bond acceptors (Lipinski definition) is 8. The smallest absolute Gasteiger partial charge is 0.411 e. The topological polar surface area (TPSA) is 138 Å². The summed E-state index contributed by atoms with van der Waals surface area (Å²) in [5.41, 5.74) is 5.47. The Hall–Kier alpha value is -5.63. The second kappa shape index (κ2) is 16.2. The highest BCUT2D eigenvalue weighted by Crippen LogP contribution is 2.39. The van der Waals surface area contributed by atoms with Crippen LogP contribution in [0.5, 0.6) is 0 Å². The zero-order valence-electron chi connectivity index (χ0n) is 33.8. The molecular weight excluding hydrogens is 759 g/mol. The molecule has 3 aromatic carbocycles. The molecule has 0 unspecified atom stereocenters. The van der Waals surface area contributed by atoms with Crippen molar-refractivity contribution in [1.29, 1.82) is 0 Å². The molecule has 5 heterocycles. The Morgan fingerprint density at radius 3 is 2.31 bits per heavy atom. The van der Waals surface area contributed by atoms with Gasteiger partial charge in [0.2, 0.25) is 5.91 Å². The summed E-state index contributed by atoms with van der Waals surface area (Å²) in [6.45, 7) is 6.14. The van der Waals surface area contributed by atoms with Gasteiger partial charge in [0.25, 0.3) is 5.92 Å². The van der Waals surface area contributed by atoms with E-state index < -0.39 is 48.8 Å². The number of aliphatic imine (C=N–C) groups is 1. The van der Waals surface area contributed by atoms with Crippen molar-refractivity contribution in [2.75, 3.05) is 33.4 Å². The first-order chi connectivity index (χ1) is 28.2. The van der Waals surface area contributed by atoms with Crippen LogP contribution in [0.15, 0.2) is 78.1 Å². The lowest BCUT2D eigenvalue weighted by molar-refractivity contribution is -0.136. The van der Waals surface area contributed by atoms with Gasteiger partial charge in [-0.1, -0.05) is 48.5 Å². The number of alkyl carbamates (subject to hydrolysis) is 1. The normalized spacial score (nSPS) is 21.3. The number of benzene rings is 3. The largest absolute Gasteiger partial charge is 0.453 e. The highest BCUT2D eigenvalue weighted by molar-refractivity contribution is 6.03. The van der Waals surface area contributed by atoms with Crippen molar-refractivity contribution in [2.24, 2.45) is 10.9 Å². The molecule has 14 heteroatoms. The molecule has 12 nitrogen and oxygen atoms in total. The van der Waals surface area contributed by atoms with E-state index in [1.165, 1.54) is 7.11 Å². The van der Waals surface area contributed by atoms with Crippen LogP contribution in [-0.4, -0.2) is 101 Å². The Labute approximate surface area is 342 Å². The number of imidazole rings is 1. The van der Waals surface area contributed by atoms with E-state index in [-0.39, 0.29) is 17.9 Å². The lowest BCUT2D eigenvalue weighted by atomic mass is 9.90. The molecule has 3 amide bonds. The Balaban J connectivity index is 0.926. The van der Waals surface area contributed by atoms with Crippen LogP contribution in [-0.2, 0) is 19.0 Å². The zero-order valence-corrected chi connectivity index (χ0v) is 33.8. The molecule has 8 rings (SSSR count). The molecule has 4 aliphatic rings. The molecule has 310 valence electrons. The average molecular weight is 809 g/mol. The third-order valence-electron chi connectivity index (χ3n) is 11.7. The minimum absolute atomic E-state index is 0.0372. The number of halogens is 2. The SMILES string of the molecule is COC(=O)N[C@H](C(=O)N1CCC[C@H]1c1ncc(-c2ccc3cc(-c4ccc(C5=CN=C([C@@H]6CC(F)(F)CN6C(=O)OC(C)(C)C)C5)cc4)ccc3c2)[nH]1)C1CCOCC1. The number of likely N-dealkylation sites (tertiary alicyclic amines) is 2. The number of aromatic amines is 1. The summed E-state index contributed by atoms with van der Waals surface area (Å²) in [7, 11) is 1.30. The summed E-state index contributed by atoms with van der Waals surface area (Å²) >= 11 is 0. The third-order valence-corrected chi connectivity index (χ3v) is 11.7. The fourth-order valence-electron chi connectivity index (χ4n) is 8.69. The summed E-state index contributed by atoms with van der Waals surface area (Å²) < 4.78 is 44.9. The Morgan fingerprint density at radius 1 is 0.915 bits per heavy atom. The van der Waals surface area contributed by atoms with E-state index in [9.17, 15) is 23.2 Å². The standard InChI is InChI=1S/C45H50F2N6O6/c1-44(2,3)59-43(56)53-26-45(46,47)23-38(53)35-22-34(24-48-35)28-9-7-27(8-10-28)30-11-12-32-21-33(14-13-31(32)20-30)36-25-49-40(50-36)37-6-5-17-52(37)41(54)39(51-42(55)57-4)29-15-18-58-19-16-29/h7-14,20-21,24-25,29,37-39H,5-6,15-19,22-23,26H2,1-4H3,(H,49,50)(H,51,55)/t37-,38-,39-/m0/s1. The molecule has 3 atom stereocenters. The van der Waals surface area contributed by atoms with Gasteiger partial charge in [-0.3, -0.25) is 14.7 Å². The van der Waals surface area contributed by atoms with Gasteiger partial charge in [-0.25, -0.2) is 23.4 Å². The van der Waals surface area contributed by atoms with E-state index in [1.807, 2.05) is 35.4 Å². The number of carbonyl (C=O) groups is 3. The van der Waals surface area contributed by atoms with E-state index in [4.69, 9.17) is 19.2 Å². The Morgan fingerprint density at radius 2 is 1.59 bits per heavy atom. The number of allylic oxidation sites excluding steroid dienone is 1. The number of aromatic nitrogens is 2. The number of ether oxygens (including phenoxy) is 3. The summed E-state index contributed by atoms with van der Waals surface area (Å²) in [6, 6.07) is 18.9. The maximum atomic E-state index is 14.6. The van der Waals surface area contributed by atoms with Gasteiger partial charge >= 0.3 is 12.2 Å².